The second kappa shape index (κ2) is 5.60. The first-order chi connectivity index (χ1) is 7.79. The van der Waals surface area contributed by atoms with Crippen molar-refractivity contribution in [2.45, 2.75) is 65.8 Å². The molecule has 100 valence electrons. The van der Waals surface area contributed by atoms with Crippen LogP contribution < -0.4 is 5.32 Å². The Morgan fingerprint density at radius 3 is 2.29 bits per heavy atom. The molecule has 0 bridgehead atoms. The Morgan fingerprint density at radius 2 is 1.88 bits per heavy atom. The maximum absolute atomic E-state index is 12.3. The number of carbonyl (C=O) groups excluding carboxylic acids is 1. The number of alkyl halides is 1. The van der Waals surface area contributed by atoms with Gasteiger partial charge in [0.15, 0.2) is 0 Å². The molecule has 0 aromatic rings. The molecule has 1 unspecified atom stereocenters. The third-order valence-corrected chi connectivity index (χ3v) is 4.22. The zero-order chi connectivity index (χ0) is 13.1. The SMILES string of the molecule is CC1(C(=O)NC(CCCl)C(C)(C)C)CCCC1. The van der Waals surface area contributed by atoms with E-state index in [-0.39, 0.29) is 22.8 Å². The van der Waals surface area contributed by atoms with Gasteiger partial charge in [0.25, 0.3) is 0 Å². The molecule has 0 heterocycles. The molecule has 1 fully saturated rings. The summed E-state index contributed by atoms with van der Waals surface area (Å²) in [6.07, 6.45) is 5.25. The van der Waals surface area contributed by atoms with E-state index in [9.17, 15) is 4.79 Å². The molecule has 3 heteroatoms. The zero-order valence-corrected chi connectivity index (χ0v) is 12.4. The number of amides is 1. The number of nitrogens with one attached hydrogen (secondary N) is 1. The summed E-state index contributed by atoms with van der Waals surface area (Å²) in [5, 5.41) is 3.22. The van der Waals surface area contributed by atoms with Crippen molar-refractivity contribution in [3.05, 3.63) is 0 Å². The molecule has 0 aromatic carbocycles. The van der Waals surface area contributed by atoms with Crippen molar-refractivity contribution >= 4 is 17.5 Å². The molecule has 1 aliphatic carbocycles. The predicted octanol–water partition coefficient (Wildman–Crippen LogP) is 3.73. The lowest BCUT2D eigenvalue weighted by Gasteiger charge is -2.34. The van der Waals surface area contributed by atoms with Crippen molar-refractivity contribution in [3.8, 4) is 0 Å². The minimum Gasteiger partial charge on any atom is -0.352 e. The quantitative estimate of drug-likeness (QED) is 0.766. The van der Waals surface area contributed by atoms with E-state index in [0.717, 1.165) is 19.3 Å². The maximum Gasteiger partial charge on any atom is 0.226 e. The highest BCUT2D eigenvalue weighted by atomic mass is 35.5. The fraction of sp³-hybridized carbons (Fsp3) is 0.929. The Kier molecular flexibility index (Phi) is 4.88. The topological polar surface area (TPSA) is 29.1 Å². The monoisotopic (exact) mass is 259 g/mol. The summed E-state index contributed by atoms with van der Waals surface area (Å²) in [6, 6.07) is 0.171. The van der Waals surface area contributed by atoms with Crippen LogP contribution in [0.3, 0.4) is 0 Å². The van der Waals surface area contributed by atoms with Crippen molar-refractivity contribution in [3.63, 3.8) is 0 Å². The number of halogens is 1. The molecule has 1 amide bonds. The summed E-state index contributed by atoms with van der Waals surface area (Å²) in [4.78, 5) is 12.3. The van der Waals surface area contributed by atoms with Gasteiger partial charge in [-0.05, 0) is 24.7 Å². The average Bonchev–Trinajstić information content (AvgIpc) is 2.64. The van der Waals surface area contributed by atoms with E-state index in [0.29, 0.717) is 5.88 Å². The summed E-state index contributed by atoms with van der Waals surface area (Å²) in [6.45, 7) is 8.56. The zero-order valence-electron chi connectivity index (χ0n) is 11.6. The summed E-state index contributed by atoms with van der Waals surface area (Å²) in [5.74, 6) is 0.818. The van der Waals surface area contributed by atoms with Gasteiger partial charge in [0.2, 0.25) is 5.91 Å². The third kappa shape index (κ3) is 3.87. The summed E-state index contributed by atoms with van der Waals surface area (Å²) >= 11 is 5.83. The second-order valence-corrected chi connectivity index (χ2v) is 7.02. The van der Waals surface area contributed by atoms with Gasteiger partial charge >= 0.3 is 0 Å². The van der Waals surface area contributed by atoms with Crippen LogP contribution in [0, 0.1) is 10.8 Å². The average molecular weight is 260 g/mol. The maximum atomic E-state index is 12.3. The van der Waals surface area contributed by atoms with Crippen molar-refractivity contribution in [2.24, 2.45) is 10.8 Å². The Morgan fingerprint density at radius 1 is 1.35 bits per heavy atom. The number of hydrogen-bond acceptors (Lipinski definition) is 1. The Balaban J connectivity index is 2.64. The highest BCUT2D eigenvalue weighted by Crippen LogP contribution is 2.38. The lowest BCUT2D eigenvalue weighted by Crippen LogP contribution is -2.48. The minimum atomic E-state index is -0.143. The molecule has 1 rings (SSSR count). The van der Waals surface area contributed by atoms with E-state index in [4.69, 9.17) is 11.6 Å². The molecule has 17 heavy (non-hydrogen) atoms. The normalized spacial score (nSPS) is 21.2. The van der Waals surface area contributed by atoms with Gasteiger partial charge in [0.05, 0.1) is 0 Å². The molecular formula is C14H26ClNO. The Hall–Kier alpha value is -0.240. The predicted molar refractivity (Wildman–Crippen MR) is 73.3 cm³/mol. The van der Waals surface area contributed by atoms with Crippen LogP contribution in [0.5, 0.6) is 0 Å². The first-order valence-corrected chi connectivity index (χ1v) is 7.20. The van der Waals surface area contributed by atoms with Crippen LogP contribution in [0.25, 0.3) is 0 Å². The van der Waals surface area contributed by atoms with Gasteiger partial charge < -0.3 is 5.32 Å². The van der Waals surface area contributed by atoms with Crippen LogP contribution in [0.1, 0.15) is 59.8 Å². The minimum absolute atomic E-state index is 0.0690. The molecule has 1 N–H and O–H groups in total. The highest BCUT2D eigenvalue weighted by molar-refractivity contribution is 6.17. The van der Waals surface area contributed by atoms with Crippen LogP contribution in [0.4, 0.5) is 0 Å². The van der Waals surface area contributed by atoms with Gasteiger partial charge in [0, 0.05) is 17.3 Å². The molecule has 0 spiro atoms. The largest absolute Gasteiger partial charge is 0.352 e. The molecule has 0 aliphatic heterocycles. The Bertz CT molecular complexity index is 264. The van der Waals surface area contributed by atoms with Crippen LogP contribution in [-0.4, -0.2) is 17.8 Å². The lowest BCUT2D eigenvalue weighted by atomic mass is 9.82. The van der Waals surface area contributed by atoms with Gasteiger partial charge in [-0.3, -0.25) is 4.79 Å². The van der Waals surface area contributed by atoms with Crippen molar-refractivity contribution in [1.29, 1.82) is 0 Å². The molecule has 0 aromatic heterocycles. The first kappa shape index (κ1) is 14.8. The molecule has 2 nitrogen and oxygen atoms in total. The van der Waals surface area contributed by atoms with E-state index >= 15 is 0 Å². The summed E-state index contributed by atoms with van der Waals surface area (Å²) in [5.41, 5.74) is -0.0741. The smallest absolute Gasteiger partial charge is 0.226 e. The van der Waals surface area contributed by atoms with Crippen molar-refractivity contribution in [1.82, 2.24) is 5.32 Å². The molecular weight excluding hydrogens is 234 g/mol. The van der Waals surface area contributed by atoms with Gasteiger partial charge in [-0.25, -0.2) is 0 Å². The van der Waals surface area contributed by atoms with Gasteiger partial charge in [-0.15, -0.1) is 11.6 Å². The molecule has 1 saturated carbocycles. The van der Waals surface area contributed by atoms with E-state index in [1.807, 2.05) is 0 Å². The van der Waals surface area contributed by atoms with Gasteiger partial charge in [-0.2, -0.15) is 0 Å². The Labute approximate surface area is 110 Å². The lowest BCUT2D eigenvalue weighted by molar-refractivity contribution is -0.131. The molecule has 0 radical (unpaired) electrons. The van der Waals surface area contributed by atoms with Crippen LogP contribution >= 0.6 is 11.6 Å². The fourth-order valence-electron chi connectivity index (χ4n) is 2.55. The summed E-state index contributed by atoms with van der Waals surface area (Å²) < 4.78 is 0. The number of carbonyl (C=O) groups is 1. The van der Waals surface area contributed by atoms with Crippen molar-refractivity contribution < 1.29 is 4.79 Å². The highest BCUT2D eigenvalue weighted by Gasteiger charge is 2.38. The second-order valence-electron chi connectivity index (χ2n) is 6.64. The van der Waals surface area contributed by atoms with Crippen LogP contribution in [-0.2, 0) is 4.79 Å². The standard InChI is InChI=1S/C14H26ClNO/c1-13(2,3)11(7-10-15)16-12(17)14(4)8-5-6-9-14/h11H,5-10H2,1-4H3,(H,16,17). The summed E-state index contributed by atoms with van der Waals surface area (Å²) in [7, 11) is 0. The molecule has 0 saturated heterocycles. The van der Waals surface area contributed by atoms with Gasteiger partial charge in [0.1, 0.15) is 0 Å². The first-order valence-electron chi connectivity index (χ1n) is 6.66. The molecule has 1 aliphatic rings. The third-order valence-electron chi connectivity index (χ3n) is 4.00. The van der Waals surface area contributed by atoms with Crippen molar-refractivity contribution in [2.75, 3.05) is 5.88 Å². The van der Waals surface area contributed by atoms with Gasteiger partial charge in [-0.1, -0.05) is 40.5 Å². The number of hydrogen-bond donors (Lipinski definition) is 1. The number of rotatable bonds is 4. The molecule has 1 atom stereocenters. The van der Waals surface area contributed by atoms with E-state index in [1.165, 1.54) is 12.8 Å². The van der Waals surface area contributed by atoms with Crippen LogP contribution in [0.2, 0.25) is 0 Å². The van der Waals surface area contributed by atoms with E-state index < -0.39 is 0 Å². The van der Waals surface area contributed by atoms with E-state index in [1.54, 1.807) is 0 Å². The van der Waals surface area contributed by atoms with E-state index in [2.05, 4.69) is 33.0 Å². The van der Waals surface area contributed by atoms with Crippen LogP contribution in [0.15, 0.2) is 0 Å². The fourth-order valence-corrected chi connectivity index (χ4v) is 2.76.